The van der Waals surface area contributed by atoms with Crippen molar-refractivity contribution in [3.8, 4) is 0 Å². The number of hydrogen-bond donors (Lipinski definition) is 3. The smallest absolute Gasteiger partial charge is 0.193 e. The molecule has 0 unspecified atom stereocenters. The van der Waals surface area contributed by atoms with Crippen LogP contribution in [0.1, 0.15) is 22.5 Å². The molecule has 22 heavy (non-hydrogen) atoms. The normalized spacial score (nSPS) is 11.1. The van der Waals surface area contributed by atoms with Crippen LogP contribution in [0, 0.1) is 13.8 Å². The first-order valence-corrected chi connectivity index (χ1v) is 6.76. The van der Waals surface area contributed by atoms with Crippen LogP contribution >= 0.6 is 24.0 Å². The van der Waals surface area contributed by atoms with Gasteiger partial charge in [-0.3, -0.25) is 5.10 Å². The molecule has 0 amide bonds. The van der Waals surface area contributed by atoms with E-state index in [9.17, 15) is 0 Å². The summed E-state index contributed by atoms with van der Waals surface area (Å²) in [5, 5.41) is 10.2. The molecule has 6 nitrogen and oxygen atoms in total. The van der Waals surface area contributed by atoms with E-state index in [2.05, 4.69) is 20.5 Å². The lowest BCUT2D eigenvalue weighted by Gasteiger charge is -2.10. The number of aromatic amines is 1. The summed E-state index contributed by atoms with van der Waals surface area (Å²) in [6.07, 6.45) is 0. The second-order valence-corrected chi connectivity index (χ2v) is 4.83. The number of aryl methyl sites for hydroxylation is 2. The zero-order valence-electron chi connectivity index (χ0n) is 13.0. The highest BCUT2D eigenvalue weighted by molar-refractivity contribution is 14.0. The maximum Gasteiger partial charge on any atom is 0.193 e. The first kappa shape index (κ1) is 18.4. The molecular formula is C15H22IN5O. The van der Waals surface area contributed by atoms with Gasteiger partial charge in [0.25, 0.3) is 0 Å². The van der Waals surface area contributed by atoms with E-state index in [-0.39, 0.29) is 24.0 Å². The number of rotatable bonds is 5. The van der Waals surface area contributed by atoms with Crippen molar-refractivity contribution in [3.05, 3.63) is 46.8 Å². The van der Waals surface area contributed by atoms with Crippen molar-refractivity contribution in [1.29, 1.82) is 0 Å². The fourth-order valence-corrected chi connectivity index (χ4v) is 2.07. The second-order valence-electron chi connectivity index (χ2n) is 4.83. The van der Waals surface area contributed by atoms with Crippen molar-refractivity contribution < 1.29 is 4.74 Å². The quantitative estimate of drug-likeness (QED) is 0.398. The van der Waals surface area contributed by atoms with Gasteiger partial charge in [-0.25, -0.2) is 4.99 Å². The fourth-order valence-electron chi connectivity index (χ4n) is 2.07. The van der Waals surface area contributed by atoms with Gasteiger partial charge >= 0.3 is 0 Å². The summed E-state index contributed by atoms with van der Waals surface area (Å²) in [7, 11) is 1.67. The van der Waals surface area contributed by atoms with Gasteiger partial charge in [-0.2, -0.15) is 5.10 Å². The van der Waals surface area contributed by atoms with Crippen molar-refractivity contribution in [2.45, 2.75) is 27.0 Å². The van der Waals surface area contributed by atoms with E-state index in [4.69, 9.17) is 10.5 Å². The lowest BCUT2D eigenvalue weighted by Crippen LogP contribution is -2.23. The minimum absolute atomic E-state index is 0. The molecule has 0 atom stereocenters. The van der Waals surface area contributed by atoms with Crippen LogP contribution in [0.5, 0.6) is 0 Å². The molecule has 1 aromatic heterocycles. The third-order valence-electron chi connectivity index (χ3n) is 3.27. The average Bonchev–Trinajstić information content (AvgIpc) is 2.78. The van der Waals surface area contributed by atoms with Crippen molar-refractivity contribution in [1.82, 2.24) is 10.2 Å². The number of halogens is 1. The molecule has 7 heteroatoms. The lowest BCUT2D eigenvalue weighted by molar-refractivity contribution is 0.185. The number of aromatic nitrogens is 2. The topological polar surface area (TPSA) is 88.3 Å². The molecule has 0 saturated carbocycles. The molecule has 0 saturated heterocycles. The van der Waals surface area contributed by atoms with E-state index < -0.39 is 0 Å². The Bertz CT molecular complexity index is 619. The number of anilines is 1. The Kier molecular flexibility index (Phi) is 7.33. The van der Waals surface area contributed by atoms with Crippen LogP contribution in [0.4, 0.5) is 5.69 Å². The monoisotopic (exact) mass is 415 g/mol. The van der Waals surface area contributed by atoms with E-state index in [0.717, 1.165) is 28.2 Å². The molecule has 0 bridgehead atoms. The van der Waals surface area contributed by atoms with Crippen molar-refractivity contribution in [2.75, 3.05) is 12.4 Å². The molecule has 0 aliphatic rings. The maximum absolute atomic E-state index is 5.95. The molecule has 0 aliphatic heterocycles. The van der Waals surface area contributed by atoms with Crippen LogP contribution in [0.15, 0.2) is 29.3 Å². The number of nitrogens with zero attached hydrogens (tertiary/aromatic N) is 2. The van der Waals surface area contributed by atoms with Gasteiger partial charge in [0.05, 0.1) is 18.8 Å². The van der Waals surface area contributed by atoms with Crippen LogP contribution in [0.3, 0.4) is 0 Å². The molecule has 1 heterocycles. The third-order valence-corrected chi connectivity index (χ3v) is 3.27. The number of benzene rings is 1. The second kappa shape index (κ2) is 8.74. The highest BCUT2D eigenvalue weighted by Crippen LogP contribution is 2.16. The number of nitrogens with one attached hydrogen (secondary N) is 2. The molecule has 2 rings (SSSR count). The largest absolute Gasteiger partial charge is 0.380 e. The molecule has 1 aromatic carbocycles. The van der Waals surface area contributed by atoms with Crippen LogP contribution in [0.25, 0.3) is 0 Å². The Balaban J connectivity index is 0.00000242. The van der Waals surface area contributed by atoms with Crippen LogP contribution < -0.4 is 11.1 Å². The van der Waals surface area contributed by atoms with Gasteiger partial charge in [0.15, 0.2) is 5.96 Å². The maximum atomic E-state index is 5.95. The van der Waals surface area contributed by atoms with E-state index in [1.54, 1.807) is 7.11 Å². The number of ether oxygens (including phenoxy) is 1. The summed E-state index contributed by atoms with van der Waals surface area (Å²) < 4.78 is 5.17. The first-order valence-electron chi connectivity index (χ1n) is 6.76. The standard InChI is InChI=1S/C15H21N5O.HI/c1-10-13(11(2)20-19-10)8-17-15(16)18-14-7-5-4-6-12(14)9-21-3;/h4-7H,8-9H2,1-3H3,(H,19,20)(H3,16,17,18);1H. The highest BCUT2D eigenvalue weighted by Gasteiger charge is 2.06. The Labute approximate surface area is 147 Å². The number of nitrogens with two attached hydrogens (primary N) is 1. The van der Waals surface area contributed by atoms with Gasteiger partial charge in [0, 0.05) is 29.6 Å². The predicted octanol–water partition coefficient (Wildman–Crippen LogP) is 2.72. The summed E-state index contributed by atoms with van der Waals surface area (Å²) in [4.78, 5) is 4.37. The predicted molar refractivity (Wildman–Crippen MR) is 99.6 cm³/mol. The summed E-state index contributed by atoms with van der Waals surface area (Å²) in [5.74, 6) is 0.374. The minimum Gasteiger partial charge on any atom is -0.380 e. The zero-order valence-corrected chi connectivity index (χ0v) is 15.3. The summed E-state index contributed by atoms with van der Waals surface area (Å²) in [5.41, 5.74) is 10.9. The van der Waals surface area contributed by atoms with E-state index >= 15 is 0 Å². The Morgan fingerprint density at radius 1 is 1.36 bits per heavy atom. The van der Waals surface area contributed by atoms with Crippen molar-refractivity contribution >= 4 is 35.6 Å². The average molecular weight is 415 g/mol. The van der Waals surface area contributed by atoms with Gasteiger partial charge in [0.1, 0.15) is 0 Å². The molecular weight excluding hydrogens is 393 g/mol. The molecule has 120 valence electrons. The molecule has 0 spiro atoms. The van der Waals surface area contributed by atoms with E-state index in [0.29, 0.717) is 19.1 Å². The number of hydrogen-bond acceptors (Lipinski definition) is 3. The number of methoxy groups -OCH3 is 1. The molecule has 0 fully saturated rings. The van der Waals surface area contributed by atoms with E-state index in [1.807, 2.05) is 38.1 Å². The van der Waals surface area contributed by atoms with E-state index in [1.165, 1.54) is 0 Å². The van der Waals surface area contributed by atoms with Crippen molar-refractivity contribution in [2.24, 2.45) is 10.7 Å². The molecule has 2 aromatic rings. The fraction of sp³-hybridized carbons (Fsp3) is 0.333. The highest BCUT2D eigenvalue weighted by atomic mass is 127. The minimum atomic E-state index is 0. The summed E-state index contributed by atoms with van der Waals surface area (Å²) in [6.45, 7) is 4.95. The number of aliphatic imine (C=N–C) groups is 1. The van der Waals surface area contributed by atoms with Crippen LogP contribution in [-0.2, 0) is 17.9 Å². The van der Waals surface area contributed by atoms with Gasteiger partial charge in [-0.15, -0.1) is 24.0 Å². The Hall–Kier alpha value is -1.61. The molecule has 0 aliphatic carbocycles. The van der Waals surface area contributed by atoms with Gasteiger partial charge in [-0.05, 0) is 19.9 Å². The van der Waals surface area contributed by atoms with Crippen LogP contribution in [-0.4, -0.2) is 23.3 Å². The van der Waals surface area contributed by atoms with Gasteiger partial charge in [0.2, 0.25) is 0 Å². The van der Waals surface area contributed by atoms with Crippen molar-refractivity contribution in [3.63, 3.8) is 0 Å². The Morgan fingerprint density at radius 3 is 2.73 bits per heavy atom. The SMILES string of the molecule is COCc1ccccc1NC(N)=NCc1c(C)n[nH]c1C.I. The van der Waals surface area contributed by atoms with Gasteiger partial charge in [-0.1, -0.05) is 18.2 Å². The summed E-state index contributed by atoms with van der Waals surface area (Å²) >= 11 is 0. The zero-order chi connectivity index (χ0) is 15.2. The first-order chi connectivity index (χ1) is 10.1. The Morgan fingerprint density at radius 2 is 2.09 bits per heavy atom. The summed E-state index contributed by atoms with van der Waals surface area (Å²) in [6, 6.07) is 7.85. The molecule has 4 N–H and O–H groups in total. The number of H-pyrrole nitrogens is 1. The number of para-hydroxylation sites is 1. The lowest BCUT2D eigenvalue weighted by atomic mass is 10.2. The van der Waals surface area contributed by atoms with Crippen LogP contribution in [0.2, 0.25) is 0 Å². The van der Waals surface area contributed by atoms with Gasteiger partial charge < -0.3 is 15.8 Å². The third kappa shape index (κ3) is 4.70. The molecule has 0 radical (unpaired) electrons. The number of guanidine groups is 1.